The van der Waals surface area contributed by atoms with Gasteiger partial charge in [0.25, 0.3) is 0 Å². The van der Waals surface area contributed by atoms with Crippen molar-refractivity contribution in [2.24, 2.45) is 5.92 Å². The van der Waals surface area contributed by atoms with Crippen LogP contribution in [0, 0.1) is 5.92 Å². The van der Waals surface area contributed by atoms with Crippen molar-refractivity contribution in [2.45, 2.75) is 84.0 Å². The quantitative estimate of drug-likeness (QED) is 0.122. The van der Waals surface area contributed by atoms with Gasteiger partial charge in [0.15, 0.2) is 0 Å². The maximum Gasteiger partial charge on any atom is 0.305 e. The second kappa shape index (κ2) is 22.5. The molecule has 0 aromatic carbocycles. The molecule has 1 aliphatic heterocycles. The maximum atomic E-state index is 12.6. The van der Waals surface area contributed by atoms with E-state index >= 15 is 0 Å². The van der Waals surface area contributed by atoms with Crippen LogP contribution in [0.5, 0.6) is 0 Å². The highest BCUT2D eigenvalue weighted by Gasteiger charge is 2.28. The topological polar surface area (TPSA) is 79.3 Å². The van der Waals surface area contributed by atoms with Gasteiger partial charge in [-0.1, -0.05) is 63.3 Å². The van der Waals surface area contributed by atoms with Crippen LogP contribution >= 0.6 is 0 Å². The first-order valence-electron chi connectivity index (χ1n) is 14.2. The van der Waals surface area contributed by atoms with Crippen molar-refractivity contribution in [3.63, 3.8) is 0 Å². The van der Waals surface area contributed by atoms with E-state index in [1.54, 1.807) is 12.0 Å². The third-order valence-electron chi connectivity index (χ3n) is 6.52. The minimum absolute atomic E-state index is 0.00760. The first-order chi connectivity index (χ1) is 17.6. The van der Waals surface area contributed by atoms with Crippen LogP contribution < -0.4 is 0 Å². The van der Waals surface area contributed by atoms with E-state index in [4.69, 9.17) is 14.6 Å². The third-order valence-corrected chi connectivity index (χ3v) is 6.52. The SMILES string of the molecule is CCCCC/C=C\C/C=C\CCCCCCCC(=O)OCCN(CCOC)C(=O)CN1CC(CO)C1. The second-order valence-electron chi connectivity index (χ2n) is 9.82. The lowest BCUT2D eigenvalue weighted by Crippen LogP contribution is -2.53. The summed E-state index contributed by atoms with van der Waals surface area (Å²) in [5, 5.41) is 9.12. The van der Waals surface area contributed by atoms with E-state index in [1.165, 1.54) is 38.5 Å². The first-order valence-corrected chi connectivity index (χ1v) is 14.2. The number of hydrogen-bond acceptors (Lipinski definition) is 6. The Balaban J connectivity index is 2.02. The highest BCUT2D eigenvalue weighted by Crippen LogP contribution is 2.14. The number of likely N-dealkylation sites (tertiary alicyclic amines) is 1. The Labute approximate surface area is 219 Å². The van der Waals surface area contributed by atoms with Crippen LogP contribution in [-0.4, -0.2) is 86.4 Å². The molecule has 1 saturated heterocycles. The van der Waals surface area contributed by atoms with Crippen molar-refractivity contribution in [3.8, 4) is 0 Å². The highest BCUT2D eigenvalue weighted by molar-refractivity contribution is 5.78. The lowest BCUT2D eigenvalue weighted by molar-refractivity contribution is -0.146. The van der Waals surface area contributed by atoms with Gasteiger partial charge in [0.05, 0.1) is 19.7 Å². The number of carbonyl (C=O) groups is 2. The molecule has 1 rings (SSSR count). The Hall–Kier alpha value is -1.70. The van der Waals surface area contributed by atoms with Crippen LogP contribution in [0.4, 0.5) is 0 Å². The smallest absolute Gasteiger partial charge is 0.305 e. The average molecular weight is 509 g/mol. The fourth-order valence-corrected chi connectivity index (χ4v) is 4.20. The van der Waals surface area contributed by atoms with E-state index in [0.717, 1.165) is 45.2 Å². The summed E-state index contributed by atoms with van der Waals surface area (Å²) in [7, 11) is 1.61. The van der Waals surface area contributed by atoms with E-state index in [2.05, 4.69) is 31.2 Å². The number of rotatable bonds is 23. The van der Waals surface area contributed by atoms with Gasteiger partial charge in [0, 0.05) is 45.7 Å². The Morgan fingerprint density at radius 2 is 1.56 bits per heavy atom. The minimum Gasteiger partial charge on any atom is -0.464 e. The number of unbranched alkanes of at least 4 members (excludes halogenated alkanes) is 8. The molecule has 208 valence electrons. The highest BCUT2D eigenvalue weighted by atomic mass is 16.5. The van der Waals surface area contributed by atoms with Crippen LogP contribution in [0.2, 0.25) is 0 Å². The Bertz CT molecular complexity index is 617. The molecule has 0 radical (unpaired) electrons. The summed E-state index contributed by atoms with van der Waals surface area (Å²) in [4.78, 5) is 28.3. The number of methoxy groups -OCH3 is 1. The predicted molar refractivity (Wildman–Crippen MR) is 146 cm³/mol. The molecule has 1 aliphatic rings. The Morgan fingerprint density at radius 3 is 2.22 bits per heavy atom. The summed E-state index contributed by atoms with van der Waals surface area (Å²) >= 11 is 0. The molecule has 7 heteroatoms. The van der Waals surface area contributed by atoms with E-state index in [0.29, 0.717) is 32.7 Å². The van der Waals surface area contributed by atoms with Gasteiger partial charge in [-0.2, -0.15) is 0 Å². The zero-order valence-electron chi connectivity index (χ0n) is 23.0. The number of carbonyl (C=O) groups excluding carboxylic acids is 2. The van der Waals surface area contributed by atoms with Gasteiger partial charge in [0.2, 0.25) is 5.91 Å². The van der Waals surface area contributed by atoms with Gasteiger partial charge in [0.1, 0.15) is 6.61 Å². The zero-order chi connectivity index (χ0) is 26.3. The van der Waals surface area contributed by atoms with Crippen LogP contribution in [0.25, 0.3) is 0 Å². The van der Waals surface area contributed by atoms with Gasteiger partial charge < -0.3 is 19.5 Å². The Kier molecular flexibility index (Phi) is 20.2. The Morgan fingerprint density at radius 1 is 0.917 bits per heavy atom. The summed E-state index contributed by atoms with van der Waals surface area (Å²) in [6.45, 7) is 5.77. The van der Waals surface area contributed by atoms with Crippen molar-refractivity contribution >= 4 is 11.9 Å². The minimum atomic E-state index is -0.187. The first kappa shape index (κ1) is 32.3. The molecule has 7 nitrogen and oxygen atoms in total. The molecule has 0 unspecified atom stereocenters. The van der Waals surface area contributed by atoms with Gasteiger partial charge in [-0.3, -0.25) is 14.5 Å². The molecule has 1 heterocycles. The third kappa shape index (κ3) is 16.9. The standard InChI is InChI=1S/C29H52N2O5/c1-3-4-5-6-7-8-9-10-11-12-13-14-15-16-17-18-29(34)36-22-20-31(19-21-35-2)28(33)25-30-23-27(24-30)26-32/h7-8,10-11,27,32H,3-6,9,12-26H2,1-2H3/b8-7-,11-10-. The van der Waals surface area contributed by atoms with Crippen molar-refractivity contribution in [2.75, 3.05) is 59.7 Å². The van der Waals surface area contributed by atoms with Gasteiger partial charge in [-0.25, -0.2) is 0 Å². The molecular formula is C29H52N2O5. The fourth-order valence-electron chi connectivity index (χ4n) is 4.20. The second-order valence-corrected chi connectivity index (χ2v) is 9.82. The molecule has 0 spiro atoms. The number of nitrogens with zero attached hydrogens (tertiary/aromatic N) is 2. The maximum absolute atomic E-state index is 12.6. The fraction of sp³-hybridized carbons (Fsp3) is 0.793. The monoisotopic (exact) mass is 508 g/mol. The molecule has 36 heavy (non-hydrogen) atoms. The van der Waals surface area contributed by atoms with Crippen LogP contribution in [0.15, 0.2) is 24.3 Å². The van der Waals surface area contributed by atoms with E-state index in [9.17, 15) is 9.59 Å². The van der Waals surface area contributed by atoms with Gasteiger partial charge >= 0.3 is 5.97 Å². The normalized spacial score (nSPS) is 14.5. The van der Waals surface area contributed by atoms with Gasteiger partial charge in [-0.05, 0) is 38.5 Å². The lowest BCUT2D eigenvalue weighted by Gasteiger charge is -2.38. The summed E-state index contributed by atoms with van der Waals surface area (Å²) in [6.07, 6.45) is 22.2. The molecular weight excluding hydrogens is 456 g/mol. The van der Waals surface area contributed by atoms with Crippen molar-refractivity contribution in [1.82, 2.24) is 9.80 Å². The number of hydrogen-bond donors (Lipinski definition) is 1. The number of allylic oxidation sites excluding steroid dienone is 4. The predicted octanol–water partition coefficient (Wildman–Crippen LogP) is 4.74. The number of amides is 1. The number of ether oxygens (including phenoxy) is 2. The average Bonchev–Trinajstić information content (AvgIpc) is 2.85. The lowest BCUT2D eigenvalue weighted by atomic mass is 10.0. The van der Waals surface area contributed by atoms with E-state index < -0.39 is 0 Å². The van der Waals surface area contributed by atoms with E-state index in [1.807, 2.05) is 4.90 Å². The van der Waals surface area contributed by atoms with Crippen LogP contribution in [0.1, 0.15) is 84.0 Å². The number of aliphatic hydroxyl groups is 1. The molecule has 0 atom stereocenters. The van der Waals surface area contributed by atoms with Crippen LogP contribution in [0.3, 0.4) is 0 Å². The molecule has 1 fully saturated rings. The van der Waals surface area contributed by atoms with Crippen LogP contribution in [-0.2, 0) is 19.1 Å². The van der Waals surface area contributed by atoms with Gasteiger partial charge in [-0.15, -0.1) is 0 Å². The summed E-state index contributed by atoms with van der Waals surface area (Å²) in [5.74, 6) is 0.0990. The molecule has 0 aliphatic carbocycles. The molecule has 0 aromatic heterocycles. The molecule has 1 N–H and O–H groups in total. The molecule has 1 amide bonds. The van der Waals surface area contributed by atoms with E-state index in [-0.39, 0.29) is 31.0 Å². The van der Waals surface area contributed by atoms with Crippen molar-refractivity contribution in [3.05, 3.63) is 24.3 Å². The van der Waals surface area contributed by atoms with Crippen molar-refractivity contribution in [1.29, 1.82) is 0 Å². The largest absolute Gasteiger partial charge is 0.464 e. The number of esters is 1. The van der Waals surface area contributed by atoms with Crippen molar-refractivity contribution < 1.29 is 24.2 Å². The number of aliphatic hydroxyl groups excluding tert-OH is 1. The zero-order valence-corrected chi connectivity index (χ0v) is 23.0. The summed E-state index contributed by atoms with van der Waals surface area (Å²) in [6, 6.07) is 0. The molecule has 0 bridgehead atoms. The molecule has 0 saturated carbocycles. The molecule has 0 aromatic rings. The summed E-state index contributed by atoms with van der Waals surface area (Å²) < 4.78 is 10.5. The summed E-state index contributed by atoms with van der Waals surface area (Å²) in [5.41, 5.74) is 0.